The average molecular weight is 467 g/mol. The summed E-state index contributed by atoms with van der Waals surface area (Å²) in [6.45, 7) is 2.02. The molecule has 2 aliphatic heterocycles. The molecule has 0 aliphatic carbocycles. The maximum Gasteiger partial charge on any atom is 0.243 e. The van der Waals surface area contributed by atoms with Crippen LogP contribution in [-0.4, -0.2) is 48.0 Å². The smallest absolute Gasteiger partial charge is 0.243 e. The van der Waals surface area contributed by atoms with Gasteiger partial charge in [-0.25, -0.2) is 8.42 Å². The molecule has 3 heterocycles. The molecule has 0 radical (unpaired) electrons. The molecule has 0 saturated carbocycles. The van der Waals surface area contributed by atoms with Crippen LogP contribution in [0, 0.1) is 0 Å². The second-order valence-corrected chi connectivity index (χ2v) is 10.5. The lowest BCUT2D eigenvalue weighted by molar-refractivity contribution is -0.118. The minimum absolute atomic E-state index is 0.0510. The summed E-state index contributed by atoms with van der Waals surface area (Å²) >= 11 is 0. The molecule has 2 aromatic carbocycles. The molecular weight excluding hydrogens is 440 g/mol. The molecule has 0 atom stereocenters. The summed E-state index contributed by atoms with van der Waals surface area (Å²) in [6.07, 6.45) is 5.00. The molecule has 1 saturated heterocycles. The minimum atomic E-state index is -3.50. The van der Waals surface area contributed by atoms with Crippen LogP contribution in [0.25, 0.3) is 10.9 Å². The summed E-state index contributed by atoms with van der Waals surface area (Å²) in [6, 6.07) is 12.3. The van der Waals surface area contributed by atoms with Gasteiger partial charge in [-0.15, -0.1) is 0 Å². The maximum absolute atomic E-state index is 13.0. The van der Waals surface area contributed by atoms with Crippen LogP contribution in [0.4, 0.5) is 5.69 Å². The van der Waals surface area contributed by atoms with Gasteiger partial charge in [0.25, 0.3) is 0 Å². The predicted octanol–water partition coefficient (Wildman–Crippen LogP) is 2.55. The van der Waals surface area contributed by atoms with Crippen molar-refractivity contribution in [3.05, 3.63) is 64.4 Å². The molecule has 2 aliphatic rings. The van der Waals surface area contributed by atoms with Gasteiger partial charge in [-0.05, 0) is 55.2 Å². The monoisotopic (exact) mass is 466 g/mol. The van der Waals surface area contributed by atoms with E-state index in [0.717, 1.165) is 30.5 Å². The highest BCUT2D eigenvalue weighted by Gasteiger charge is 2.30. The molecule has 33 heavy (non-hydrogen) atoms. The van der Waals surface area contributed by atoms with E-state index in [4.69, 9.17) is 0 Å². The number of rotatable bonds is 5. The van der Waals surface area contributed by atoms with E-state index in [2.05, 4.69) is 5.10 Å². The summed E-state index contributed by atoms with van der Waals surface area (Å²) in [4.78, 5) is 27.1. The number of benzene rings is 2. The number of aryl methyl sites for hydroxylation is 1. The molecule has 0 spiro atoms. The van der Waals surface area contributed by atoms with E-state index in [-0.39, 0.29) is 17.8 Å². The fraction of sp³-hybridized carbons (Fsp3) is 0.375. The van der Waals surface area contributed by atoms with Gasteiger partial charge in [0.15, 0.2) is 0 Å². The third kappa shape index (κ3) is 4.06. The van der Waals surface area contributed by atoms with Crippen LogP contribution in [0.15, 0.2) is 58.4 Å². The van der Waals surface area contributed by atoms with Gasteiger partial charge >= 0.3 is 0 Å². The number of aromatic nitrogens is 2. The number of nitrogens with zero attached hydrogens (tertiary/aromatic N) is 4. The lowest BCUT2D eigenvalue weighted by Crippen LogP contribution is -2.35. The Morgan fingerprint density at radius 1 is 1.00 bits per heavy atom. The normalized spacial score (nSPS) is 16.8. The number of hydrogen-bond acceptors (Lipinski definition) is 5. The SMILES string of the molecule is O=C(CCn1ncc(=O)c2ccccc21)N1CCc2cc(S(=O)(=O)N3CCCCC3)ccc21. The highest BCUT2D eigenvalue weighted by molar-refractivity contribution is 7.89. The van der Waals surface area contributed by atoms with E-state index in [1.54, 1.807) is 44.2 Å². The second-order valence-electron chi connectivity index (χ2n) is 8.55. The Hall–Kier alpha value is -3.04. The standard InChI is InChI=1S/C24H26N4O4S/c29-23-17-25-28(22-7-3-2-6-20(22)23)15-11-24(30)27-14-10-18-16-19(8-9-21(18)27)33(31,32)26-12-4-1-5-13-26/h2-3,6-9,16-17H,1,4-5,10-15H2. The number of sulfonamides is 1. The Morgan fingerprint density at radius 3 is 2.61 bits per heavy atom. The van der Waals surface area contributed by atoms with Gasteiger partial charge in [0.2, 0.25) is 21.4 Å². The number of carbonyl (C=O) groups excluding carboxylic acids is 1. The van der Waals surface area contributed by atoms with E-state index in [1.807, 2.05) is 12.1 Å². The number of fused-ring (bicyclic) bond motifs is 2. The third-order valence-electron chi connectivity index (χ3n) is 6.50. The highest BCUT2D eigenvalue weighted by Crippen LogP contribution is 2.32. The summed E-state index contributed by atoms with van der Waals surface area (Å²) in [5.74, 6) is -0.0510. The van der Waals surface area contributed by atoms with Crippen LogP contribution in [0.1, 0.15) is 31.2 Å². The fourth-order valence-electron chi connectivity index (χ4n) is 4.73. The molecule has 9 heteroatoms. The predicted molar refractivity (Wildman–Crippen MR) is 126 cm³/mol. The maximum atomic E-state index is 13.0. The van der Waals surface area contributed by atoms with E-state index < -0.39 is 10.0 Å². The van der Waals surface area contributed by atoms with Gasteiger partial charge < -0.3 is 4.90 Å². The summed E-state index contributed by atoms with van der Waals surface area (Å²) < 4.78 is 29.3. The number of amides is 1. The number of piperidine rings is 1. The van der Waals surface area contributed by atoms with Crippen LogP contribution in [-0.2, 0) is 27.8 Å². The Bertz CT molecular complexity index is 1380. The molecule has 1 fully saturated rings. The largest absolute Gasteiger partial charge is 0.312 e. The molecule has 8 nitrogen and oxygen atoms in total. The van der Waals surface area contributed by atoms with Crippen LogP contribution in [0.3, 0.4) is 0 Å². The molecule has 1 aromatic heterocycles. The van der Waals surface area contributed by atoms with Crippen molar-refractivity contribution >= 4 is 32.5 Å². The lowest BCUT2D eigenvalue weighted by atomic mass is 10.2. The molecule has 1 amide bonds. The molecule has 0 bridgehead atoms. The zero-order valence-corrected chi connectivity index (χ0v) is 19.1. The topological polar surface area (TPSA) is 92.6 Å². The van der Waals surface area contributed by atoms with E-state index >= 15 is 0 Å². The first-order chi connectivity index (χ1) is 15.9. The van der Waals surface area contributed by atoms with Gasteiger partial charge in [-0.3, -0.25) is 14.3 Å². The van der Waals surface area contributed by atoms with Gasteiger partial charge in [0.05, 0.1) is 23.2 Å². The first-order valence-corrected chi connectivity index (χ1v) is 12.8. The van der Waals surface area contributed by atoms with Gasteiger partial charge in [0.1, 0.15) is 0 Å². The zero-order valence-electron chi connectivity index (χ0n) is 18.3. The molecule has 172 valence electrons. The van der Waals surface area contributed by atoms with Crippen molar-refractivity contribution in [3.63, 3.8) is 0 Å². The fourth-order valence-corrected chi connectivity index (χ4v) is 6.30. The summed E-state index contributed by atoms with van der Waals surface area (Å²) in [7, 11) is -3.50. The summed E-state index contributed by atoms with van der Waals surface area (Å²) in [5, 5.41) is 4.77. The van der Waals surface area contributed by atoms with E-state index in [1.165, 1.54) is 6.20 Å². The van der Waals surface area contributed by atoms with Crippen molar-refractivity contribution < 1.29 is 13.2 Å². The Kier molecular flexibility index (Phi) is 5.76. The number of anilines is 1. The Morgan fingerprint density at radius 2 is 1.79 bits per heavy atom. The number of hydrogen-bond donors (Lipinski definition) is 0. The first-order valence-electron chi connectivity index (χ1n) is 11.3. The lowest BCUT2D eigenvalue weighted by Gasteiger charge is -2.26. The van der Waals surface area contributed by atoms with Crippen molar-refractivity contribution in [1.82, 2.24) is 14.1 Å². The quantitative estimate of drug-likeness (QED) is 0.576. The van der Waals surface area contributed by atoms with E-state index in [0.29, 0.717) is 48.4 Å². The van der Waals surface area contributed by atoms with Crippen molar-refractivity contribution in [1.29, 1.82) is 0 Å². The number of carbonyl (C=O) groups is 1. The van der Waals surface area contributed by atoms with Gasteiger partial charge in [-0.1, -0.05) is 18.6 Å². The van der Waals surface area contributed by atoms with Gasteiger partial charge in [0, 0.05) is 37.1 Å². The van der Waals surface area contributed by atoms with Crippen molar-refractivity contribution in [2.24, 2.45) is 0 Å². The third-order valence-corrected chi connectivity index (χ3v) is 8.39. The van der Waals surface area contributed by atoms with Crippen molar-refractivity contribution in [3.8, 4) is 0 Å². The highest BCUT2D eigenvalue weighted by atomic mass is 32.2. The van der Waals surface area contributed by atoms with Crippen molar-refractivity contribution in [2.45, 2.75) is 43.5 Å². The van der Waals surface area contributed by atoms with Gasteiger partial charge in [-0.2, -0.15) is 9.40 Å². The molecule has 0 unspecified atom stereocenters. The number of para-hydroxylation sites is 1. The minimum Gasteiger partial charge on any atom is -0.312 e. The zero-order chi connectivity index (χ0) is 23.0. The molecule has 5 rings (SSSR count). The Balaban J connectivity index is 1.32. The molecular formula is C24H26N4O4S. The Labute approximate surface area is 192 Å². The summed E-state index contributed by atoms with van der Waals surface area (Å²) in [5.41, 5.74) is 2.22. The molecule has 0 N–H and O–H groups in total. The van der Waals surface area contributed by atoms with Crippen LogP contribution in [0.5, 0.6) is 0 Å². The van der Waals surface area contributed by atoms with Crippen molar-refractivity contribution in [2.75, 3.05) is 24.5 Å². The van der Waals surface area contributed by atoms with Crippen LogP contribution < -0.4 is 10.3 Å². The van der Waals surface area contributed by atoms with Crippen LogP contribution >= 0.6 is 0 Å². The average Bonchev–Trinajstić information content (AvgIpc) is 3.28. The van der Waals surface area contributed by atoms with E-state index in [9.17, 15) is 18.0 Å². The second kappa shape index (κ2) is 8.72. The van der Waals surface area contributed by atoms with Crippen LogP contribution in [0.2, 0.25) is 0 Å². The first kappa shape index (κ1) is 21.8. The molecule has 3 aromatic rings.